The summed E-state index contributed by atoms with van der Waals surface area (Å²) in [6, 6.07) is 12.3. The molecule has 0 radical (unpaired) electrons. The molecule has 0 saturated carbocycles. The summed E-state index contributed by atoms with van der Waals surface area (Å²) in [6.45, 7) is 2.69. The molecule has 0 aliphatic heterocycles. The predicted octanol–water partition coefficient (Wildman–Crippen LogP) is 2.15. The lowest BCUT2D eigenvalue weighted by atomic mass is 10.2. The average Bonchev–Trinajstić information content (AvgIpc) is 2.65. The molecule has 0 bridgehead atoms. The monoisotopic (exact) mass is 422 g/mol. The molecular formula is C20H23FN2O5S. The molecule has 1 amide bonds. The van der Waals surface area contributed by atoms with Crippen molar-refractivity contribution in [3.05, 3.63) is 65.5 Å². The second-order valence-electron chi connectivity index (χ2n) is 6.53. The van der Waals surface area contributed by atoms with Gasteiger partial charge in [0.2, 0.25) is 10.0 Å². The Morgan fingerprint density at radius 2 is 1.76 bits per heavy atom. The Labute approximate surface area is 169 Å². The van der Waals surface area contributed by atoms with Gasteiger partial charge in [0.05, 0.1) is 11.9 Å². The molecular weight excluding hydrogens is 399 g/mol. The van der Waals surface area contributed by atoms with Gasteiger partial charge in [-0.15, -0.1) is 0 Å². The van der Waals surface area contributed by atoms with Crippen LogP contribution in [0.25, 0.3) is 0 Å². The summed E-state index contributed by atoms with van der Waals surface area (Å²) in [5, 5.41) is 2.58. The molecule has 0 unspecified atom stereocenters. The van der Waals surface area contributed by atoms with Crippen LogP contribution in [0.5, 0.6) is 0 Å². The number of nitrogens with one attached hydrogen (secondary N) is 1. The van der Waals surface area contributed by atoms with E-state index >= 15 is 0 Å². The van der Waals surface area contributed by atoms with E-state index in [1.54, 1.807) is 31.2 Å². The summed E-state index contributed by atoms with van der Waals surface area (Å²) in [5.74, 6) is -1.79. The number of rotatable bonds is 8. The molecule has 156 valence electrons. The first-order valence-corrected chi connectivity index (χ1v) is 10.7. The molecule has 0 saturated heterocycles. The minimum atomic E-state index is -3.74. The summed E-state index contributed by atoms with van der Waals surface area (Å²) >= 11 is 0. The van der Waals surface area contributed by atoms with Crippen molar-refractivity contribution in [1.82, 2.24) is 5.32 Å². The molecule has 0 heterocycles. The largest absolute Gasteiger partial charge is 0.451 e. The van der Waals surface area contributed by atoms with Crippen LogP contribution in [0.1, 0.15) is 18.1 Å². The fourth-order valence-electron chi connectivity index (χ4n) is 2.56. The van der Waals surface area contributed by atoms with E-state index in [-0.39, 0.29) is 12.4 Å². The smallest absolute Gasteiger partial charge is 0.327 e. The summed E-state index contributed by atoms with van der Waals surface area (Å²) in [5.41, 5.74) is 1.72. The molecule has 0 aromatic heterocycles. The molecule has 0 aliphatic carbocycles. The van der Waals surface area contributed by atoms with Crippen LogP contribution in [0.3, 0.4) is 0 Å². The number of carbonyl (C=O) groups is 2. The van der Waals surface area contributed by atoms with E-state index in [0.717, 1.165) is 10.6 Å². The maximum Gasteiger partial charge on any atom is 0.327 e. The lowest BCUT2D eigenvalue weighted by Crippen LogP contribution is -2.40. The van der Waals surface area contributed by atoms with Crippen molar-refractivity contribution in [3.63, 3.8) is 0 Å². The van der Waals surface area contributed by atoms with Gasteiger partial charge >= 0.3 is 5.97 Å². The molecule has 2 rings (SSSR count). The van der Waals surface area contributed by atoms with Gasteiger partial charge in [0.25, 0.3) is 5.91 Å². The first-order valence-electron chi connectivity index (χ1n) is 8.83. The van der Waals surface area contributed by atoms with Crippen molar-refractivity contribution in [1.29, 1.82) is 0 Å². The van der Waals surface area contributed by atoms with Crippen LogP contribution >= 0.6 is 0 Å². The molecule has 0 fully saturated rings. The number of hydrogen-bond acceptors (Lipinski definition) is 5. The van der Waals surface area contributed by atoms with E-state index < -0.39 is 34.5 Å². The van der Waals surface area contributed by atoms with Crippen molar-refractivity contribution >= 4 is 27.6 Å². The van der Waals surface area contributed by atoms with Crippen LogP contribution in [0.4, 0.5) is 10.1 Å². The van der Waals surface area contributed by atoms with Crippen LogP contribution in [0.15, 0.2) is 48.5 Å². The number of carbonyl (C=O) groups excluding carboxylic acids is 2. The second-order valence-corrected chi connectivity index (χ2v) is 8.44. The van der Waals surface area contributed by atoms with Crippen LogP contribution in [-0.2, 0) is 30.9 Å². The molecule has 29 heavy (non-hydrogen) atoms. The lowest BCUT2D eigenvalue weighted by Gasteiger charge is -2.24. The highest BCUT2D eigenvalue weighted by Gasteiger charge is 2.25. The average molecular weight is 422 g/mol. The first kappa shape index (κ1) is 22.4. The van der Waals surface area contributed by atoms with Crippen molar-refractivity contribution in [2.75, 3.05) is 17.1 Å². The zero-order chi connectivity index (χ0) is 21.6. The molecule has 2 aromatic carbocycles. The minimum absolute atomic E-state index is 0.139. The van der Waals surface area contributed by atoms with Gasteiger partial charge in [-0.05, 0) is 43.2 Å². The number of ether oxygens (including phenoxy) is 1. The number of anilines is 1. The number of halogens is 1. The van der Waals surface area contributed by atoms with Gasteiger partial charge in [-0.1, -0.05) is 30.3 Å². The van der Waals surface area contributed by atoms with Crippen LogP contribution in [0.2, 0.25) is 0 Å². The van der Waals surface area contributed by atoms with E-state index in [0.29, 0.717) is 16.8 Å². The fourth-order valence-corrected chi connectivity index (χ4v) is 3.47. The minimum Gasteiger partial charge on any atom is -0.451 e. The Hall–Kier alpha value is -2.94. The second kappa shape index (κ2) is 9.51. The zero-order valence-corrected chi connectivity index (χ0v) is 17.2. The van der Waals surface area contributed by atoms with Gasteiger partial charge in [0.1, 0.15) is 12.4 Å². The Bertz CT molecular complexity index is 977. The van der Waals surface area contributed by atoms with Crippen LogP contribution in [0, 0.1) is 12.7 Å². The number of hydrogen-bond donors (Lipinski definition) is 1. The van der Waals surface area contributed by atoms with Gasteiger partial charge in [0.15, 0.2) is 6.10 Å². The van der Waals surface area contributed by atoms with E-state index in [4.69, 9.17) is 4.74 Å². The van der Waals surface area contributed by atoms with Crippen LogP contribution < -0.4 is 9.62 Å². The number of nitrogens with zero attached hydrogens (tertiary/aromatic N) is 1. The fraction of sp³-hybridized carbons (Fsp3) is 0.300. The van der Waals surface area contributed by atoms with E-state index in [1.165, 1.54) is 31.2 Å². The summed E-state index contributed by atoms with van der Waals surface area (Å²) in [6.07, 6.45) is -0.132. The normalized spacial score (nSPS) is 12.1. The number of benzene rings is 2. The Kier molecular flexibility index (Phi) is 7.33. The highest BCUT2D eigenvalue weighted by molar-refractivity contribution is 7.92. The number of aryl methyl sites for hydroxylation is 1. The maximum absolute atomic E-state index is 12.9. The maximum atomic E-state index is 12.9. The van der Waals surface area contributed by atoms with E-state index in [2.05, 4.69) is 5.32 Å². The van der Waals surface area contributed by atoms with Gasteiger partial charge in [0, 0.05) is 6.54 Å². The Balaban J connectivity index is 1.97. The van der Waals surface area contributed by atoms with E-state index in [9.17, 15) is 22.4 Å². The highest BCUT2D eigenvalue weighted by Crippen LogP contribution is 2.22. The number of amides is 1. The molecule has 1 atom stereocenters. The molecule has 2 aromatic rings. The Morgan fingerprint density at radius 3 is 2.34 bits per heavy atom. The summed E-state index contributed by atoms with van der Waals surface area (Å²) in [7, 11) is -3.74. The van der Waals surface area contributed by atoms with Gasteiger partial charge in [-0.3, -0.25) is 13.9 Å². The first-order chi connectivity index (χ1) is 13.6. The third-order valence-electron chi connectivity index (χ3n) is 4.11. The third-order valence-corrected chi connectivity index (χ3v) is 5.24. The molecule has 9 heteroatoms. The third kappa shape index (κ3) is 6.56. The SMILES string of the molecule is Cc1ccccc1N(CC(=O)O[C@@H](C)C(=O)NCc1ccc(F)cc1)S(C)(=O)=O. The van der Waals surface area contributed by atoms with Crippen molar-refractivity contribution in [3.8, 4) is 0 Å². The topological polar surface area (TPSA) is 92.8 Å². The Morgan fingerprint density at radius 1 is 1.14 bits per heavy atom. The van der Waals surface area contributed by atoms with Crippen molar-refractivity contribution < 1.29 is 27.1 Å². The summed E-state index contributed by atoms with van der Waals surface area (Å²) < 4.78 is 43.2. The zero-order valence-electron chi connectivity index (χ0n) is 16.4. The standard InChI is InChI=1S/C20H23FN2O5S/c1-14-6-4-5-7-18(14)23(29(3,26)27)13-19(24)28-15(2)20(25)22-12-16-8-10-17(21)11-9-16/h4-11,15H,12-13H2,1-3H3,(H,22,25)/t15-/m0/s1. The molecule has 0 spiro atoms. The molecule has 0 aliphatic rings. The highest BCUT2D eigenvalue weighted by atomic mass is 32.2. The van der Waals surface area contributed by atoms with E-state index in [1.807, 2.05) is 0 Å². The van der Waals surface area contributed by atoms with Gasteiger partial charge in [-0.25, -0.2) is 12.8 Å². The van der Waals surface area contributed by atoms with Crippen molar-refractivity contribution in [2.24, 2.45) is 0 Å². The number of esters is 1. The molecule has 7 nitrogen and oxygen atoms in total. The predicted molar refractivity (Wildman–Crippen MR) is 107 cm³/mol. The van der Waals surface area contributed by atoms with Gasteiger partial charge < -0.3 is 10.1 Å². The van der Waals surface area contributed by atoms with Gasteiger partial charge in [-0.2, -0.15) is 0 Å². The number of sulfonamides is 1. The molecule has 1 N–H and O–H groups in total. The van der Waals surface area contributed by atoms with Crippen LogP contribution in [-0.4, -0.2) is 39.2 Å². The number of para-hydroxylation sites is 1. The quantitative estimate of drug-likeness (QED) is 0.658. The lowest BCUT2D eigenvalue weighted by molar-refractivity contribution is -0.153. The summed E-state index contributed by atoms with van der Waals surface area (Å²) in [4.78, 5) is 24.4. The van der Waals surface area contributed by atoms with Crippen molar-refractivity contribution in [2.45, 2.75) is 26.5 Å².